The van der Waals surface area contributed by atoms with Gasteiger partial charge in [-0.05, 0) is 32.4 Å². The van der Waals surface area contributed by atoms with Crippen LogP contribution >= 0.6 is 0 Å². The van der Waals surface area contributed by atoms with E-state index in [0.717, 1.165) is 28.9 Å². The second kappa shape index (κ2) is 4.51. The fourth-order valence-electron chi connectivity index (χ4n) is 3.30. The third-order valence-corrected chi connectivity index (χ3v) is 4.18. The lowest BCUT2D eigenvalue weighted by Crippen LogP contribution is -2.29. The van der Waals surface area contributed by atoms with Crippen LogP contribution in [0.25, 0.3) is 11.0 Å². The quantitative estimate of drug-likeness (QED) is 0.886. The van der Waals surface area contributed by atoms with E-state index in [0.29, 0.717) is 0 Å². The van der Waals surface area contributed by atoms with Crippen molar-refractivity contribution in [1.82, 2.24) is 5.32 Å². The molecular formula is C18H25NO2. The van der Waals surface area contributed by atoms with Crippen LogP contribution in [-0.4, -0.2) is 12.6 Å². The van der Waals surface area contributed by atoms with Crippen LogP contribution in [0, 0.1) is 5.41 Å². The van der Waals surface area contributed by atoms with E-state index in [-0.39, 0.29) is 17.1 Å². The lowest BCUT2D eigenvalue weighted by Gasteiger charge is -2.28. The number of benzene rings is 1. The summed E-state index contributed by atoms with van der Waals surface area (Å²) in [4.78, 5) is 0. The van der Waals surface area contributed by atoms with Crippen molar-refractivity contribution in [1.29, 1.82) is 0 Å². The highest BCUT2D eigenvalue weighted by Gasteiger charge is 2.34. The van der Waals surface area contributed by atoms with Crippen molar-refractivity contribution in [3.63, 3.8) is 0 Å². The molecule has 0 amide bonds. The largest absolute Gasteiger partial charge is 0.483 e. The molecule has 3 rings (SSSR count). The first-order valence-electron chi connectivity index (χ1n) is 7.63. The number of fused-ring (bicyclic) bond motifs is 3. The summed E-state index contributed by atoms with van der Waals surface area (Å²) in [6.07, 6.45) is 0.934. The van der Waals surface area contributed by atoms with Gasteiger partial charge in [-0.15, -0.1) is 0 Å². The summed E-state index contributed by atoms with van der Waals surface area (Å²) in [6.45, 7) is 10.9. The zero-order chi connectivity index (χ0) is 15.4. The van der Waals surface area contributed by atoms with Gasteiger partial charge in [0.25, 0.3) is 0 Å². The summed E-state index contributed by atoms with van der Waals surface area (Å²) in [5.74, 6) is 1.90. The van der Waals surface area contributed by atoms with Crippen LogP contribution < -0.4 is 10.1 Å². The molecule has 1 unspecified atom stereocenters. The third-order valence-electron chi connectivity index (χ3n) is 4.18. The first kappa shape index (κ1) is 14.5. The normalized spacial score (nSPS) is 18.6. The van der Waals surface area contributed by atoms with Crippen LogP contribution in [0.15, 0.2) is 22.6 Å². The second-order valence-corrected chi connectivity index (χ2v) is 7.75. The van der Waals surface area contributed by atoms with Gasteiger partial charge in [0, 0.05) is 17.4 Å². The predicted octanol–water partition coefficient (Wildman–Crippen LogP) is 4.45. The average Bonchev–Trinajstić information content (AvgIpc) is 2.86. The average molecular weight is 287 g/mol. The monoisotopic (exact) mass is 287 g/mol. The molecule has 3 nitrogen and oxygen atoms in total. The molecule has 114 valence electrons. The minimum absolute atomic E-state index is 0.0892. The lowest BCUT2D eigenvalue weighted by atomic mass is 9.85. The van der Waals surface area contributed by atoms with E-state index in [2.05, 4.69) is 58.1 Å². The number of furan rings is 1. The molecule has 1 aliphatic rings. The summed E-state index contributed by atoms with van der Waals surface area (Å²) in [7, 11) is 1.98. The Kier molecular flexibility index (Phi) is 3.10. The molecule has 0 bridgehead atoms. The van der Waals surface area contributed by atoms with Gasteiger partial charge in [0.15, 0.2) is 11.3 Å². The molecule has 0 spiro atoms. The Hall–Kier alpha value is -1.48. The summed E-state index contributed by atoms with van der Waals surface area (Å²) in [5.41, 5.74) is 2.07. The van der Waals surface area contributed by atoms with E-state index >= 15 is 0 Å². The molecule has 2 aromatic rings. The topological polar surface area (TPSA) is 34.4 Å². The van der Waals surface area contributed by atoms with E-state index in [9.17, 15) is 0 Å². The molecule has 1 aromatic heterocycles. The number of hydrogen-bond donors (Lipinski definition) is 1. The maximum absolute atomic E-state index is 6.20. The molecule has 0 fully saturated rings. The summed E-state index contributed by atoms with van der Waals surface area (Å²) in [5, 5.41) is 4.49. The van der Waals surface area contributed by atoms with Crippen molar-refractivity contribution < 1.29 is 9.15 Å². The molecule has 1 N–H and O–H groups in total. The lowest BCUT2D eigenvalue weighted by molar-refractivity contribution is 0.138. The fourth-order valence-corrected chi connectivity index (χ4v) is 3.30. The molecule has 1 aromatic carbocycles. The highest BCUT2D eigenvalue weighted by atomic mass is 16.5. The van der Waals surface area contributed by atoms with Gasteiger partial charge in [-0.2, -0.15) is 0 Å². The van der Waals surface area contributed by atoms with Crippen LogP contribution in [0.2, 0.25) is 0 Å². The van der Waals surface area contributed by atoms with Crippen LogP contribution in [-0.2, 0) is 6.42 Å². The van der Waals surface area contributed by atoms with Crippen LogP contribution in [0.5, 0.6) is 5.75 Å². The molecule has 2 heterocycles. The Morgan fingerprint density at radius 3 is 2.57 bits per heavy atom. The molecular weight excluding hydrogens is 262 g/mol. The first-order valence-corrected chi connectivity index (χ1v) is 7.63. The first-order chi connectivity index (χ1) is 9.71. The van der Waals surface area contributed by atoms with Crippen molar-refractivity contribution in [3.8, 4) is 5.75 Å². The van der Waals surface area contributed by atoms with E-state index in [1.807, 2.05) is 7.05 Å². The van der Waals surface area contributed by atoms with Gasteiger partial charge in [0.05, 0.1) is 6.04 Å². The van der Waals surface area contributed by atoms with Crippen molar-refractivity contribution in [3.05, 3.63) is 29.5 Å². The van der Waals surface area contributed by atoms with Gasteiger partial charge in [-0.25, -0.2) is 0 Å². The van der Waals surface area contributed by atoms with Gasteiger partial charge >= 0.3 is 0 Å². The zero-order valence-electron chi connectivity index (χ0n) is 13.8. The maximum atomic E-state index is 6.20. The molecule has 3 heteroatoms. The molecule has 0 radical (unpaired) electrons. The van der Waals surface area contributed by atoms with Gasteiger partial charge < -0.3 is 14.5 Å². The molecule has 0 saturated carbocycles. The Bertz CT molecular complexity index is 676. The number of nitrogens with one attached hydrogen (secondary N) is 1. The molecule has 21 heavy (non-hydrogen) atoms. The smallest absolute Gasteiger partial charge is 0.176 e. The summed E-state index contributed by atoms with van der Waals surface area (Å²) in [6, 6.07) is 6.62. The van der Waals surface area contributed by atoms with Crippen LogP contribution in [0.3, 0.4) is 0 Å². The van der Waals surface area contributed by atoms with E-state index in [4.69, 9.17) is 9.15 Å². The maximum Gasteiger partial charge on any atom is 0.176 e. The minimum atomic E-state index is -0.143. The van der Waals surface area contributed by atoms with Crippen molar-refractivity contribution >= 4 is 11.0 Å². The summed E-state index contributed by atoms with van der Waals surface area (Å²) >= 11 is 0. The van der Waals surface area contributed by atoms with Gasteiger partial charge in [-0.3, -0.25) is 0 Å². The predicted molar refractivity (Wildman–Crippen MR) is 85.9 cm³/mol. The summed E-state index contributed by atoms with van der Waals surface area (Å²) < 4.78 is 12.3. The SMILES string of the molecule is CNC(c1cc2ccc3c(c2o1)OC(C)(C)C3)C(C)(C)C. The highest BCUT2D eigenvalue weighted by molar-refractivity contribution is 5.86. The Morgan fingerprint density at radius 1 is 1.24 bits per heavy atom. The van der Waals surface area contributed by atoms with Crippen molar-refractivity contribution in [2.24, 2.45) is 5.41 Å². The number of hydrogen-bond acceptors (Lipinski definition) is 3. The minimum Gasteiger partial charge on any atom is -0.483 e. The molecule has 0 saturated heterocycles. The fraction of sp³-hybridized carbons (Fsp3) is 0.556. The van der Waals surface area contributed by atoms with E-state index < -0.39 is 0 Å². The molecule has 1 atom stereocenters. The second-order valence-electron chi connectivity index (χ2n) is 7.75. The van der Waals surface area contributed by atoms with Gasteiger partial charge in [0.1, 0.15) is 11.4 Å². The van der Waals surface area contributed by atoms with E-state index in [1.54, 1.807) is 0 Å². The Balaban J connectivity index is 2.11. The van der Waals surface area contributed by atoms with Crippen LogP contribution in [0.1, 0.15) is 52.0 Å². The van der Waals surface area contributed by atoms with Crippen molar-refractivity contribution in [2.45, 2.75) is 52.7 Å². The van der Waals surface area contributed by atoms with Crippen molar-refractivity contribution in [2.75, 3.05) is 7.05 Å². The standard InChI is InChI=1S/C18H25NO2/c1-17(2,3)16(19-6)13-9-11-7-8-12-10-18(4,5)21-15(12)14(11)20-13/h7-9,16,19H,10H2,1-6H3. The van der Waals surface area contributed by atoms with Crippen LogP contribution in [0.4, 0.5) is 0 Å². The molecule has 0 aliphatic carbocycles. The van der Waals surface area contributed by atoms with E-state index in [1.165, 1.54) is 5.56 Å². The number of rotatable bonds is 2. The Labute approximate surface area is 126 Å². The van der Waals surface area contributed by atoms with Gasteiger partial charge in [-0.1, -0.05) is 32.9 Å². The Morgan fingerprint density at radius 2 is 1.95 bits per heavy atom. The number of ether oxygens (including phenoxy) is 1. The highest BCUT2D eigenvalue weighted by Crippen LogP contribution is 2.43. The third kappa shape index (κ3) is 2.44. The van der Waals surface area contributed by atoms with Gasteiger partial charge in [0.2, 0.25) is 0 Å². The zero-order valence-corrected chi connectivity index (χ0v) is 13.8. The molecule has 1 aliphatic heterocycles.